The van der Waals surface area contributed by atoms with E-state index in [1.807, 2.05) is 6.20 Å². The average Bonchev–Trinajstić information content (AvgIpc) is 2.74. The molecule has 2 atom stereocenters. The molecule has 1 aromatic heterocycles. The molecule has 102 valence electrons. The van der Waals surface area contributed by atoms with Crippen LogP contribution in [0.5, 0.6) is 0 Å². The quantitative estimate of drug-likeness (QED) is 0.814. The maximum absolute atomic E-state index is 5.48. The Bertz CT molecular complexity index is 458. The molecule has 4 nitrogen and oxygen atoms in total. The number of ether oxygens (including phenoxy) is 1. The van der Waals surface area contributed by atoms with E-state index in [2.05, 4.69) is 14.9 Å². The third kappa shape index (κ3) is 2.07. The summed E-state index contributed by atoms with van der Waals surface area (Å²) in [6, 6.07) is 1.30. The molecule has 19 heavy (non-hydrogen) atoms. The second-order valence-corrected chi connectivity index (χ2v) is 6.13. The molecule has 2 fully saturated rings. The van der Waals surface area contributed by atoms with E-state index in [4.69, 9.17) is 4.74 Å². The van der Waals surface area contributed by atoms with Crippen LogP contribution in [0.3, 0.4) is 0 Å². The van der Waals surface area contributed by atoms with Gasteiger partial charge in [-0.25, -0.2) is 9.97 Å². The van der Waals surface area contributed by atoms with E-state index >= 15 is 0 Å². The van der Waals surface area contributed by atoms with Crippen LogP contribution in [0.25, 0.3) is 0 Å². The van der Waals surface area contributed by atoms with E-state index in [-0.39, 0.29) is 0 Å². The molecule has 4 heteroatoms. The highest BCUT2D eigenvalue weighted by Crippen LogP contribution is 2.43. The van der Waals surface area contributed by atoms with E-state index in [1.165, 1.54) is 43.5 Å². The first-order valence-corrected chi connectivity index (χ1v) is 7.54. The van der Waals surface area contributed by atoms with Crippen molar-refractivity contribution < 1.29 is 4.74 Å². The Morgan fingerprint density at radius 3 is 3.00 bits per heavy atom. The summed E-state index contributed by atoms with van der Waals surface area (Å²) in [6.07, 6.45) is 9.94. The Hall–Kier alpha value is -1.00. The maximum Gasteiger partial charge on any atom is 0.115 e. The molecule has 0 amide bonds. The van der Waals surface area contributed by atoms with Crippen LogP contribution in [-0.2, 0) is 11.2 Å². The van der Waals surface area contributed by atoms with Gasteiger partial charge in [0.2, 0.25) is 0 Å². The molecule has 0 N–H and O–H groups in total. The van der Waals surface area contributed by atoms with Crippen molar-refractivity contribution >= 4 is 0 Å². The smallest absolute Gasteiger partial charge is 0.115 e. The maximum atomic E-state index is 5.48. The number of fused-ring (bicyclic) bond motifs is 4. The van der Waals surface area contributed by atoms with Crippen LogP contribution in [0.2, 0.25) is 0 Å². The van der Waals surface area contributed by atoms with Crippen molar-refractivity contribution in [2.24, 2.45) is 5.92 Å². The predicted molar refractivity (Wildman–Crippen MR) is 71.7 cm³/mol. The van der Waals surface area contributed by atoms with Crippen LogP contribution in [0.1, 0.15) is 43.0 Å². The van der Waals surface area contributed by atoms with Gasteiger partial charge in [-0.15, -0.1) is 0 Å². The zero-order valence-corrected chi connectivity index (χ0v) is 11.3. The lowest BCUT2D eigenvalue weighted by molar-refractivity contribution is 0.0414. The molecule has 2 saturated heterocycles. The molecule has 0 spiro atoms. The van der Waals surface area contributed by atoms with Gasteiger partial charge in [-0.2, -0.15) is 0 Å². The highest BCUT2D eigenvalue weighted by Gasteiger charge is 2.41. The van der Waals surface area contributed by atoms with Gasteiger partial charge < -0.3 is 4.74 Å². The molecular weight excluding hydrogens is 238 g/mol. The lowest BCUT2D eigenvalue weighted by atomic mass is 9.94. The zero-order valence-electron chi connectivity index (χ0n) is 11.3. The van der Waals surface area contributed by atoms with E-state index in [9.17, 15) is 0 Å². The van der Waals surface area contributed by atoms with Crippen molar-refractivity contribution in [2.45, 2.75) is 44.2 Å². The highest BCUT2D eigenvalue weighted by molar-refractivity contribution is 5.27. The van der Waals surface area contributed by atoms with Gasteiger partial charge in [0.1, 0.15) is 6.33 Å². The molecular formula is C15H21N3O. The van der Waals surface area contributed by atoms with E-state index in [0.717, 1.165) is 31.6 Å². The summed E-state index contributed by atoms with van der Waals surface area (Å²) in [4.78, 5) is 11.5. The van der Waals surface area contributed by atoms with Crippen LogP contribution < -0.4 is 0 Å². The Balaban J connectivity index is 1.55. The first-order chi connectivity index (χ1) is 9.42. The van der Waals surface area contributed by atoms with Gasteiger partial charge >= 0.3 is 0 Å². The first-order valence-electron chi connectivity index (χ1n) is 7.54. The monoisotopic (exact) mass is 259 g/mol. The minimum Gasteiger partial charge on any atom is -0.381 e. The zero-order chi connectivity index (χ0) is 12.7. The van der Waals surface area contributed by atoms with Crippen LogP contribution in [-0.4, -0.2) is 40.7 Å². The molecule has 4 rings (SSSR count). The first kappa shape index (κ1) is 11.8. The van der Waals surface area contributed by atoms with Crippen LogP contribution in [0.4, 0.5) is 0 Å². The minimum absolute atomic E-state index is 0.581. The van der Waals surface area contributed by atoms with Gasteiger partial charge in [0, 0.05) is 50.0 Å². The summed E-state index contributed by atoms with van der Waals surface area (Å²) in [6.45, 7) is 3.15. The minimum atomic E-state index is 0.581. The van der Waals surface area contributed by atoms with Gasteiger partial charge in [-0.3, -0.25) is 4.90 Å². The van der Waals surface area contributed by atoms with Gasteiger partial charge in [0.05, 0.1) is 5.69 Å². The number of hydrogen-bond acceptors (Lipinski definition) is 4. The molecule has 0 aliphatic carbocycles. The molecule has 2 unspecified atom stereocenters. The Kier molecular flexibility index (Phi) is 3.00. The lowest BCUT2D eigenvalue weighted by Gasteiger charge is -2.38. The van der Waals surface area contributed by atoms with Crippen LogP contribution >= 0.6 is 0 Å². The fraction of sp³-hybridized carbons (Fsp3) is 0.733. The average molecular weight is 259 g/mol. The fourth-order valence-corrected chi connectivity index (χ4v) is 4.03. The van der Waals surface area contributed by atoms with E-state index < -0.39 is 0 Å². The highest BCUT2D eigenvalue weighted by atomic mass is 16.5. The van der Waals surface area contributed by atoms with Crippen LogP contribution in [0.15, 0.2) is 12.5 Å². The third-order valence-corrected chi connectivity index (χ3v) is 5.07. The topological polar surface area (TPSA) is 38.2 Å². The lowest BCUT2D eigenvalue weighted by Crippen LogP contribution is -2.41. The fourth-order valence-electron chi connectivity index (χ4n) is 4.03. The number of rotatable bonds is 2. The van der Waals surface area contributed by atoms with Crippen molar-refractivity contribution in [3.8, 4) is 0 Å². The largest absolute Gasteiger partial charge is 0.381 e. The summed E-state index contributed by atoms with van der Waals surface area (Å²) in [5.41, 5.74) is 2.69. The van der Waals surface area contributed by atoms with Crippen molar-refractivity contribution in [2.75, 3.05) is 19.8 Å². The second kappa shape index (κ2) is 4.84. The Morgan fingerprint density at radius 1 is 1.21 bits per heavy atom. The molecule has 1 aromatic rings. The van der Waals surface area contributed by atoms with E-state index in [1.54, 1.807) is 6.33 Å². The van der Waals surface area contributed by atoms with Crippen molar-refractivity contribution in [1.82, 2.24) is 14.9 Å². The summed E-state index contributed by atoms with van der Waals surface area (Å²) < 4.78 is 5.48. The summed E-state index contributed by atoms with van der Waals surface area (Å²) in [5, 5.41) is 0. The van der Waals surface area contributed by atoms with Crippen molar-refractivity contribution in [3.05, 3.63) is 23.8 Å². The number of hydrogen-bond donors (Lipinski definition) is 0. The normalized spacial score (nSPS) is 31.4. The van der Waals surface area contributed by atoms with Gasteiger partial charge in [0.25, 0.3) is 0 Å². The Labute approximate surface area is 114 Å². The third-order valence-electron chi connectivity index (χ3n) is 5.07. The molecule has 0 radical (unpaired) electrons. The van der Waals surface area contributed by atoms with Crippen LogP contribution in [0, 0.1) is 5.92 Å². The second-order valence-electron chi connectivity index (χ2n) is 6.13. The standard InChI is InChI=1S/C15H21N3O/c1-2-15-13-8-16-10-17-14(13)7-12(1)18(15)9-11-3-5-19-6-4-11/h8,10-12,15H,1-7,9H2. The summed E-state index contributed by atoms with van der Waals surface area (Å²) in [5.74, 6) is 0.822. The number of aromatic nitrogens is 2. The van der Waals surface area contributed by atoms with E-state index in [0.29, 0.717) is 6.04 Å². The number of nitrogens with zero attached hydrogens (tertiary/aromatic N) is 3. The van der Waals surface area contributed by atoms with Gasteiger partial charge in [-0.1, -0.05) is 0 Å². The molecule has 4 heterocycles. The van der Waals surface area contributed by atoms with Gasteiger partial charge in [0.15, 0.2) is 0 Å². The predicted octanol–water partition coefficient (Wildman–Crippen LogP) is 1.96. The molecule has 2 bridgehead atoms. The Morgan fingerprint density at radius 2 is 2.11 bits per heavy atom. The molecule has 0 saturated carbocycles. The molecule has 0 aromatic carbocycles. The molecule has 3 aliphatic heterocycles. The van der Waals surface area contributed by atoms with Gasteiger partial charge in [-0.05, 0) is 31.6 Å². The summed E-state index contributed by atoms with van der Waals surface area (Å²) in [7, 11) is 0. The van der Waals surface area contributed by atoms with Crippen molar-refractivity contribution in [3.63, 3.8) is 0 Å². The van der Waals surface area contributed by atoms with Crippen molar-refractivity contribution in [1.29, 1.82) is 0 Å². The SMILES string of the molecule is c1ncc2c(n1)CC1CCC2N1CC1CCOCC1. The molecule has 3 aliphatic rings. The summed E-state index contributed by atoms with van der Waals surface area (Å²) >= 11 is 0.